The minimum Gasteiger partial charge on any atom is -0.481 e. The minimum atomic E-state index is -0.963. The normalized spacial score (nSPS) is 24.9. The van der Waals surface area contributed by atoms with Gasteiger partial charge in [0.15, 0.2) is 0 Å². The summed E-state index contributed by atoms with van der Waals surface area (Å²) in [6, 6.07) is 9.07. The van der Waals surface area contributed by atoms with Gasteiger partial charge in [0.05, 0.1) is 0 Å². The molecule has 0 saturated carbocycles. The Kier molecular flexibility index (Phi) is 2.64. The number of hydrogen-bond donors (Lipinski definition) is 2. The Morgan fingerprint density at radius 3 is 2.50 bits per heavy atom. The van der Waals surface area contributed by atoms with Crippen LogP contribution in [-0.4, -0.2) is 23.5 Å². The van der Waals surface area contributed by atoms with E-state index >= 15 is 0 Å². The van der Waals surface area contributed by atoms with Gasteiger partial charge in [-0.05, 0) is 12.0 Å². The molecule has 1 saturated heterocycles. The number of carbonyl (C=O) groups is 2. The van der Waals surface area contributed by atoms with E-state index in [9.17, 15) is 14.7 Å². The van der Waals surface area contributed by atoms with Crippen LogP contribution in [0.4, 0.5) is 0 Å². The van der Waals surface area contributed by atoms with Crippen LogP contribution in [0.3, 0.4) is 0 Å². The van der Waals surface area contributed by atoms with E-state index in [0.717, 1.165) is 5.56 Å². The molecule has 16 heavy (non-hydrogen) atoms. The summed E-state index contributed by atoms with van der Waals surface area (Å²) in [5.74, 6) is -0.952. The fourth-order valence-corrected chi connectivity index (χ4v) is 2.06. The monoisotopic (exact) mass is 219 g/mol. The SMILES string of the molecule is O=C1CC[C@](C(=O)O)(c2ccccc2)CN1. The number of carboxylic acid groups (broad SMARTS) is 1. The molecule has 1 fully saturated rings. The van der Waals surface area contributed by atoms with Crippen LogP contribution in [0.5, 0.6) is 0 Å². The summed E-state index contributed by atoms with van der Waals surface area (Å²) >= 11 is 0. The molecule has 0 aromatic heterocycles. The first-order chi connectivity index (χ1) is 7.65. The average Bonchev–Trinajstić information content (AvgIpc) is 2.31. The maximum atomic E-state index is 11.4. The maximum Gasteiger partial charge on any atom is 0.315 e. The van der Waals surface area contributed by atoms with Gasteiger partial charge in [0, 0.05) is 13.0 Å². The predicted octanol–water partition coefficient (Wildman–Crippen LogP) is 0.919. The summed E-state index contributed by atoms with van der Waals surface area (Å²) in [4.78, 5) is 22.5. The lowest BCUT2D eigenvalue weighted by atomic mass is 9.74. The molecule has 1 atom stereocenters. The van der Waals surface area contributed by atoms with Gasteiger partial charge in [-0.25, -0.2) is 0 Å². The lowest BCUT2D eigenvalue weighted by molar-refractivity contribution is -0.145. The molecule has 1 amide bonds. The summed E-state index contributed by atoms with van der Waals surface area (Å²) in [7, 11) is 0. The lowest BCUT2D eigenvalue weighted by Crippen LogP contribution is -2.51. The van der Waals surface area contributed by atoms with Crippen LogP contribution in [0.15, 0.2) is 30.3 Å². The Morgan fingerprint density at radius 2 is 2.00 bits per heavy atom. The third kappa shape index (κ3) is 1.66. The molecule has 1 heterocycles. The second-order valence-corrected chi connectivity index (χ2v) is 4.03. The number of amides is 1. The number of carboxylic acids is 1. The van der Waals surface area contributed by atoms with Gasteiger partial charge in [-0.1, -0.05) is 30.3 Å². The molecule has 0 bridgehead atoms. The first-order valence-corrected chi connectivity index (χ1v) is 5.21. The van der Waals surface area contributed by atoms with E-state index in [2.05, 4.69) is 5.32 Å². The molecule has 0 radical (unpaired) electrons. The van der Waals surface area contributed by atoms with E-state index in [4.69, 9.17) is 0 Å². The molecule has 1 aliphatic rings. The highest BCUT2D eigenvalue weighted by Gasteiger charge is 2.43. The van der Waals surface area contributed by atoms with E-state index in [1.165, 1.54) is 0 Å². The van der Waals surface area contributed by atoms with Crippen molar-refractivity contribution in [2.75, 3.05) is 6.54 Å². The van der Waals surface area contributed by atoms with Crippen molar-refractivity contribution in [3.8, 4) is 0 Å². The highest BCUT2D eigenvalue weighted by Crippen LogP contribution is 2.31. The van der Waals surface area contributed by atoms with Gasteiger partial charge in [-0.3, -0.25) is 9.59 Å². The fourth-order valence-electron chi connectivity index (χ4n) is 2.06. The van der Waals surface area contributed by atoms with Crippen LogP contribution in [-0.2, 0) is 15.0 Å². The summed E-state index contributed by atoms with van der Waals surface area (Å²) in [6.07, 6.45) is 0.624. The number of aliphatic carboxylic acids is 1. The van der Waals surface area contributed by atoms with Crippen LogP contribution < -0.4 is 5.32 Å². The van der Waals surface area contributed by atoms with Crippen molar-refractivity contribution < 1.29 is 14.7 Å². The Morgan fingerprint density at radius 1 is 1.31 bits per heavy atom. The Bertz CT molecular complexity index is 404. The summed E-state index contributed by atoms with van der Waals surface area (Å²) in [5.41, 5.74) is -0.211. The Balaban J connectivity index is 2.37. The molecule has 1 aliphatic heterocycles. The molecule has 2 N–H and O–H groups in total. The van der Waals surface area contributed by atoms with E-state index in [1.54, 1.807) is 12.1 Å². The molecule has 4 nitrogen and oxygen atoms in total. The zero-order valence-corrected chi connectivity index (χ0v) is 8.77. The molecule has 0 aliphatic carbocycles. The van der Waals surface area contributed by atoms with Gasteiger partial charge in [0.1, 0.15) is 5.41 Å². The van der Waals surface area contributed by atoms with Gasteiger partial charge >= 0.3 is 5.97 Å². The van der Waals surface area contributed by atoms with E-state index in [0.29, 0.717) is 6.42 Å². The van der Waals surface area contributed by atoms with E-state index in [-0.39, 0.29) is 18.9 Å². The van der Waals surface area contributed by atoms with Crippen LogP contribution in [0.2, 0.25) is 0 Å². The van der Waals surface area contributed by atoms with Gasteiger partial charge in [0.2, 0.25) is 5.91 Å². The Hall–Kier alpha value is -1.84. The van der Waals surface area contributed by atoms with Crippen molar-refractivity contribution in [2.45, 2.75) is 18.3 Å². The van der Waals surface area contributed by atoms with Gasteiger partial charge < -0.3 is 10.4 Å². The molecular formula is C12H13NO3. The quantitative estimate of drug-likeness (QED) is 0.777. The summed E-state index contributed by atoms with van der Waals surface area (Å²) in [6.45, 7) is 0.172. The number of carbonyl (C=O) groups excluding carboxylic acids is 1. The Labute approximate surface area is 93.3 Å². The van der Waals surface area contributed by atoms with E-state index in [1.807, 2.05) is 18.2 Å². The number of nitrogens with one attached hydrogen (secondary N) is 1. The van der Waals surface area contributed by atoms with Gasteiger partial charge in [-0.15, -0.1) is 0 Å². The van der Waals surface area contributed by atoms with Crippen molar-refractivity contribution in [2.24, 2.45) is 0 Å². The number of hydrogen-bond acceptors (Lipinski definition) is 2. The molecule has 1 aromatic rings. The molecule has 84 valence electrons. The molecule has 0 unspecified atom stereocenters. The third-order valence-electron chi connectivity index (χ3n) is 3.10. The topological polar surface area (TPSA) is 66.4 Å². The fraction of sp³-hybridized carbons (Fsp3) is 0.333. The second kappa shape index (κ2) is 3.96. The first kappa shape index (κ1) is 10.7. The van der Waals surface area contributed by atoms with Crippen LogP contribution in [0.1, 0.15) is 18.4 Å². The molecule has 2 rings (SSSR count). The van der Waals surface area contributed by atoms with Gasteiger partial charge in [-0.2, -0.15) is 0 Å². The second-order valence-electron chi connectivity index (χ2n) is 4.03. The zero-order chi connectivity index (χ0) is 11.6. The molecular weight excluding hydrogens is 206 g/mol. The lowest BCUT2D eigenvalue weighted by Gasteiger charge is -2.33. The highest BCUT2D eigenvalue weighted by atomic mass is 16.4. The molecule has 1 aromatic carbocycles. The smallest absolute Gasteiger partial charge is 0.315 e. The zero-order valence-electron chi connectivity index (χ0n) is 8.77. The van der Waals surface area contributed by atoms with Crippen molar-refractivity contribution in [3.63, 3.8) is 0 Å². The standard InChI is InChI=1S/C12H13NO3/c14-10-6-7-12(8-13-10,11(15)16)9-4-2-1-3-5-9/h1-5H,6-8H2,(H,13,14)(H,15,16)/t12-/m1/s1. The van der Waals surface area contributed by atoms with Crippen molar-refractivity contribution in [1.29, 1.82) is 0 Å². The largest absolute Gasteiger partial charge is 0.481 e. The average molecular weight is 219 g/mol. The summed E-state index contributed by atoms with van der Waals surface area (Å²) in [5, 5.41) is 12.0. The van der Waals surface area contributed by atoms with Crippen molar-refractivity contribution in [3.05, 3.63) is 35.9 Å². The number of rotatable bonds is 2. The van der Waals surface area contributed by atoms with E-state index < -0.39 is 11.4 Å². The molecule has 4 heteroatoms. The number of benzene rings is 1. The highest BCUT2D eigenvalue weighted by molar-refractivity contribution is 5.86. The van der Waals surface area contributed by atoms with Crippen LogP contribution in [0, 0.1) is 0 Å². The predicted molar refractivity (Wildman–Crippen MR) is 58.0 cm³/mol. The van der Waals surface area contributed by atoms with Crippen molar-refractivity contribution >= 4 is 11.9 Å². The van der Waals surface area contributed by atoms with Crippen LogP contribution in [0.25, 0.3) is 0 Å². The molecule has 0 spiro atoms. The summed E-state index contributed by atoms with van der Waals surface area (Å²) < 4.78 is 0. The minimum absolute atomic E-state index is 0.0761. The van der Waals surface area contributed by atoms with Crippen molar-refractivity contribution in [1.82, 2.24) is 5.32 Å². The third-order valence-corrected chi connectivity index (χ3v) is 3.10. The van der Waals surface area contributed by atoms with Gasteiger partial charge in [0.25, 0.3) is 0 Å². The number of piperidine rings is 1. The first-order valence-electron chi connectivity index (χ1n) is 5.21. The van der Waals surface area contributed by atoms with Crippen LogP contribution >= 0.6 is 0 Å². The maximum absolute atomic E-state index is 11.4.